The minimum Gasteiger partial charge on any atom is -0.469 e. The fourth-order valence-electron chi connectivity index (χ4n) is 3.73. The molecule has 0 radical (unpaired) electrons. The van der Waals surface area contributed by atoms with Crippen molar-refractivity contribution in [1.82, 2.24) is 20.6 Å². The van der Waals surface area contributed by atoms with E-state index in [4.69, 9.17) is 14.1 Å². The van der Waals surface area contributed by atoms with E-state index in [2.05, 4.69) is 25.5 Å². The Bertz CT molecular complexity index is 738. The summed E-state index contributed by atoms with van der Waals surface area (Å²) in [5, 5.41) is 7.10. The van der Waals surface area contributed by atoms with Crippen LogP contribution in [-0.2, 0) is 11.2 Å². The minimum absolute atomic E-state index is 0.393. The first-order valence-corrected chi connectivity index (χ1v) is 10.5. The Hall–Kier alpha value is -2.61. The van der Waals surface area contributed by atoms with E-state index in [0.29, 0.717) is 12.0 Å². The zero-order chi connectivity index (χ0) is 19.7. The topological polar surface area (TPSA) is 87.8 Å². The van der Waals surface area contributed by atoms with Crippen molar-refractivity contribution in [1.29, 1.82) is 0 Å². The highest BCUT2D eigenvalue weighted by molar-refractivity contribution is 5.80. The van der Waals surface area contributed by atoms with Gasteiger partial charge in [-0.15, -0.1) is 0 Å². The number of furan rings is 1. The number of nitrogens with one attached hydrogen (secondary N) is 2. The summed E-state index contributed by atoms with van der Waals surface area (Å²) in [6.07, 6.45) is 9.31. The second kappa shape index (κ2) is 10.2. The monoisotopic (exact) mass is 398 g/mol. The average Bonchev–Trinajstić information content (AvgIpc) is 3.47. The number of anilines is 1. The molecule has 8 heteroatoms. The zero-order valence-electron chi connectivity index (χ0n) is 16.8. The van der Waals surface area contributed by atoms with E-state index in [9.17, 15) is 0 Å². The number of hydrogen-bond acceptors (Lipinski definition) is 6. The molecule has 2 aliphatic heterocycles. The van der Waals surface area contributed by atoms with Gasteiger partial charge in [0, 0.05) is 63.6 Å². The molecule has 4 rings (SSSR count). The molecule has 1 unspecified atom stereocenters. The van der Waals surface area contributed by atoms with Gasteiger partial charge in [0.15, 0.2) is 5.96 Å². The Balaban J connectivity index is 1.28. The van der Waals surface area contributed by atoms with Gasteiger partial charge < -0.3 is 24.7 Å². The molecule has 2 fully saturated rings. The summed E-state index contributed by atoms with van der Waals surface area (Å²) in [5.74, 6) is 3.21. The predicted molar refractivity (Wildman–Crippen MR) is 112 cm³/mol. The first-order valence-electron chi connectivity index (χ1n) is 10.5. The van der Waals surface area contributed by atoms with Gasteiger partial charge >= 0.3 is 0 Å². The summed E-state index contributed by atoms with van der Waals surface area (Å²) in [7, 11) is 0. The maximum Gasteiger partial charge on any atom is 0.225 e. The molecule has 0 saturated carbocycles. The van der Waals surface area contributed by atoms with Gasteiger partial charge in [-0.2, -0.15) is 0 Å². The molecule has 2 saturated heterocycles. The van der Waals surface area contributed by atoms with Gasteiger partial charge in [0.05, 0.1) is 12.9 Å². The van der Waals surface area contributed by atoms with Gasteiger partial charge in [0.25, 0.3) is 0 Å². The fourth-order valence-corrected chi connectivity index (χ4v) is 3.73. The zero-order valence-corrected chi connectivity index (χ0v) is 16.8. The molecule has 1 atom stereocenters. The number of guanidine groups is 1. The molecule has 29 heavy (non-hydrogen) atoms. The van der Waals surface area contributed by atoms with E-state index in [0.717, 1.165) is 82.7 Å². The fraction of sp³-hybridized carbons (Fsp3) is 0.571. The van der Waals surface area contributed by atoms with Crippen LogP contribution in [0.1, 0.15) is 25.0 Å². The highest BCUT2D eigenvalue weighted by Crippen LogP contribution is 2.16. The van der Waals surface area contributed by atoms with Crippen molar-refractivity contribution in [2.24, 2.45) is 10.9 Å². The van der Waals surface area contributed by atoms with Crippen molar-refractivity contribution in [3.8, 4) is 0 Å². The molecule has 156 valence electrons. The maximum atomic E-state index is 5.48. The number of ether oxygens (including phenoxy) is 1. The molecule has 2 aromatic heterocycles. The third-order valence-corrected chi connectivity index (χ3v) is 5.45. The minimum atomic E-state index is 0.393. The Morgan fingerprint density at radius 2 is 2.03 bits per heavy atom. The van der Waals surface area contributed by atoms with Crippen LogP contribution in [0.3, 0.4) is 0 Å². The summed E-state index contributed by atoms with van der Waals surface area (Å²) in [5.41, 5.74) is 0. The van der Waals surface area contributed by atoms with Crippen LogP contribution in [0.4, 0.5) is 5.95 Å². The largest absolute Gasteiger partial charge is 0.469 e. The molecule has 2 N–H and O–H groups in total. The lowest BCUT2D eigenvalue weighted by atomic mass is 10.1. The van der Waals surface area contributed by atoms with E-state index < -0.39 is 0 Å². The van der Waals surface area contributed by atoms with E-state index in [1.54, 1.807) is 18.7 Å². The summed E-state index contributed by atoms with van der Waals surface area (Å²) < 4.78 is 10.9. The Morgan fingerprint density at radius 1 is 1.17 bits per heavy atom. The quantitative estimate of drug-likeness (QED) is 0.544. The standard InChI is InChI=1S/C21H30N6O2/c1-3-19(29-13-1)4-10-22-20(25-15-17-7-14-28-16-17)26-18-5-11-27(12-6-18)21-23-8-2-9-24-21/h1-3,8-9,13,17-18H,4-7,10-12,14-16H2,(H2,22,25,26). The summed E-state index contributed by atoms with van der Waals surface area (Å²) >= 11 is 0. The molecule has 0 spiro atoms. The number of hydrogen-bond donors (Lipinski definition) is 2. The van der Waals surface area contributed by atoms with Gasteiger partial charge in [-0.05, 0) is 37.5 Å². The Kier molecular flexibility index (Phi) is 6.96. The molecule has 2 aliphatic rings. The maximum absolute atomic E-state index is 5.48. The van der Waals surface area contributed by atoms with E-state index in [-0.39, 0.29) is 0 Å². The molecule has 0 aliphatic carbocycles. The van der Waals surface area contributed by atoms with Crippen molar-refractivity contribution in [3.63, 3.8) is 0 Å². The summed E-state index contributed by atoms with van der Waals surface area (Å²) in [6, 6.07) is 6.17. The van der Waals surface area contributed by atoms with Crippen LogP contribution in [0, 0.1) is 5.92 Å². The molecule has 0 aromatic carbocycles. The summed E-state index contributed by atoms with van der Waals surface area (Å²) in [4.78, 5) is 15.8. The number of aromatic nitrogens is 2. The predicted octanol–water partition coefficient (Wildman–Crippen LogP) is 1.85. The van der Waals surface area contributed by atoms with Crippen LogP contribution < -0.4 is 15.5 Å². The normalized spacial score (nSPS) is 20.8. The molecule has 4 heterocycles. The van der Waals surface area contributed by atoms with Crippen LogP contribution in [0.25, 0.3) is 0 Å². The highest BCUT2D eigenvalue weighted by atomic mass is 16.5. The number of nitrogens with zero attached hydrogens (tertiary/aromatic N) is 4. The smallest absolute Gasteiger partial charge is 0.225 e. The van der Waals surface area contributed by atoms with E-state index >= 15 is 0 Å². The van der Waals surface area contributed by atoms with Crippen LogP contribution in [-0.4, -0.2) is 61.4 Å². The molecular formula is C21H30N6O2. The van der Waals surface area contributed by atoms with Gasteiger partial charge in [0.2, 0.25) is 5.95 Å². The van der Waals surface area contributed by atoms with Gasteiger partial charge in [-0.3, -0.25) is 4.99 Å². The molecule has 8 nitrogen and oxygen atoms in total. The lowest BCUT2D eigenvalue weighted by Crippen LogP contribution is -2.49. The average molecular weight is 399 g/mol. The third-order valence-electron chi connectivity index (χ3n) is 5.45. The lowest BCUT2D eigenvalue weighted by Gasteiger charge is -2.33. The van der Waals surface area contributed by atoms with Gasteiger partial charge in [-0.1, -0.05) is 0 Å². The van der Waals surface area contributed by atoms with Crippen molar-refractivity contribution in [3.05, 3.63) is 42.6 Å². The number of rotatable bonds is 7. The SMILES string of the molecule is c1cnc(N2CCC(NC(=NCC3CCOC3)NCCc3ccco3)CC2)nc1. The second-order valence-corrected chi connectivity index (χ2v) is 7.63. The van der Waals surface area contributed by atoms with E-state index in [1.807, 2.05) is 18.2 Å². The van der Waals surface area contributed by atoms with Crippen LogP contribution in [0.15, 0.2) is 46.3 Å². The van der Waals surface area contributed by atoms with Crippen LogP contribution >= 0.6 is 0 Å². The van der Waals surface area contributed by atoms with Gasteiger partial charge in [0.1, 0.15) is 5.76 Å². The van der Waals surface area contributed by atoms with E-state index in [1.165, 1.54) is 0 Å². The van der Waals surface area contributed by atoms with Crippen LogP contribution in [0.5, 0.6) is 0 Å². The number of aliphatic imine (C=N–C) groups is 1. The molecular weight excluding hydrogens is 368 g/mol. The van der Waals surface area contributed by atoms with Crippen molar-refractivity contribution >= 4 is 11.9 Å². The third kappa shape index (κ3) is 5.93. The van der Waals surface area contributed by atoms with Crippen molar-refractivity contribution < 1.29 is 9.15 Å². The van der Waals surface area contributed by atoms with Crippen LogP contribution in [0.2, 0.25) is 0 Å². The Morgan fingerprint density at radius 3 is 2.76 bits per heavy atom. The first-order chi connectivity index (χ1) is 14.4. The molecule has 2 aromatic rings. The lowest BCUT2D eigenvalue weighted by molar-refractivity contribution is 0.187. The first kappa shape index (κ1) is 19.7. The molecule has 0 amide bonds. The molecule has 0 bridgehead atoms. The van der Waals surface area contributed by atoms with Gasteiger partial charge in [-0.25, -0.2) is 9.97 Å². The highest BCUT2D eigenvalue weighted by Gasteiger charge is 2.22. The Labute approximate surface area is 171 Å². The number of piperidine rings is 1. The van der Waals surface area contributed by atoms with Crippen molar-refractivity contribution in [2.45, 2.75) is 31.7 Å². The summed E-state index contributed by atoms with van der Waals surface area (Å²) in [6.45, 7) is 5.15. The second-order valence-electron chi connectivity index (χ2n) is 7.63. The van der Waals surface area contributed by atoms with Crippen molar-refractivity contribution in [2.75, 3.05) is 44.3 Å².